The maximum Gasteiger partial charge on any atom is 0.221 e. The first-order chi connectivity index (χ1) is 12.7. The Morgan fingerprint density at radius 2 is 1.92 bits per heavy atom. The van der Waals surface area contributed by atoms with Crippen LogP contribution in [-0.2, 0) is 18.3 Å². The lowest BCUT2D eigenvalue weighted by molar-refractivity contribution is 0.0326. The van der Waals surface area contributed by atoms with Crippen LogP contribution >= 0.6 is 0 Å². The fourth-order valence-electron chi connectivity index (χ4n) is 3.73. The summed E-state index contributed by atoms with van der Waals surface area (Å²) in [7, 11) is 2.09. The van der Waals surface area contributed by atoms with Crippen molar-refractivity contribution in [2.75, 3.05) is 50.0 Å². The number of ether oxygens (including phenoxy) is 1. The molecule has 2 aromatic rings. The first kappa shape index (κ1) is 17.2. The van der Waals surface area contributed by atoms with Gasteiger partial charge in [-0.1, -0.05) is 0 Å². The van der Waals surface area contributed by atoms with Crippen LogP contribution in [0.5, 0.6) is 0 Å². The molecule has 0 unspecified atom stereocenters. The second kappa shape index (κ2) is 7.55. The van der Waals surface area contributed by atoms with Crippen molar-refractivity contribution in [3.8, 4) is 0 Å². The monoisotopic (exact) mass is 358 g/mol. The Bertz CT molecular complexity index is 734. The predicted molar refractivity (Wildman–Crippen MR) is 97.7 cm³/mol. The van der Waals surface area contributed by atoms with Gasteiger partial charge in [0.2, 0.25) is 5.95 Å². The summed E-state index contributed by atoms with van der Waals surface area (Å²) in [6.07, 6.45) is 3.78. The molecule has 26 heavy (non-hydrogen) atoms. The van der Waals surface area contributed by atoms with E-state index in [0.29, 0.717) is 11.9 Å². The van der Waals surface area contributed by atoms with Crippen LogP contribution in [0.15, 0.2) is 12.3 Å². The average Bonchev–Trinajstić information content (AvgIpc) is 3.03. The first-order valence-electron chi connectivity index (χ1n) is 9.22. The molecule has 2 aliphatic heterocycles. The molecule has 0 bridgehead atoms. The Hall–Kier alpha value is -2.26. The summed E-state index contributed by atoms with van der Waals surface area (Å²) in [5.74, 6) is 3.79. The minimum atomic E-state index is 0.325. The van der Waals surface area contributed by atoms with Crippen molar-refractivity contribution in [2.24, 2.45) is 7.05 Å². The van der Waals surface area contributed by atoms with Gasteiger partial charge in [-0.25, -0.2) is 4.98 Å². The molecule has 9 heteroatoms. The quantitative estimate of drug-likeness (QED) is 0.839. The number of morpholine rings is 1. The van der Waals surface area contributed by atoms with Crippen LogP contribution in [0.3, 0.4) is 0 Å². The maximum absolute atomic E-state index is 5.70. The fourth-order valence-corrected chi connectivity index (χ4v) is 3.73. The van der Waals surface area contributed by atoms with Crippen LogP contribution in [-0.4, -0.2) is 69.0 Å². The van der Waals surface area contributed by atoms with E-state index >= 15 is 0 Å². The van der Waals surface area contributed by atoms with E-state index < -0.39 is 0 Å². The van der Waals surface area contributed by atoms with E-state index in [1.54, 1.807) is 6.20 Å². The number of nitrogen functional groups attached to an aromatic ring is 1. The van der Waals surface area contributed by atoms with Gasteiger partial charge in [-0.3, -0.25) is 4.90 Å². The van der Waals surface area contributed by atoms with Crippen molar-refractivity contribution < 1.29 is 4.74 Å². The normalized spacial score (nSPS) is 19.8. The zero-order valence-electron chi connectivity index (χ0n) is 15.2. The lowest BCUT2D eigenvalue weighted by Crippen LogP contribution is -2.36. The van der Waals surface area contributed by atoms with Crippen LogP contribution in [0.25, 0.3) is 0 Å². The summed E-state index contributed by atoms with van der Waals surface area (Å²) in [5.41, 5.74) is 5.70. The smallest absolute Gasteiger partial charge is 0.221 e. The Kier molecular flexibility index (Phi) is 4.98. The Labute approximate surface area is 153 Å². The van der Waals surface area contributed by atoms with Gasteiger partial charge in [-0.05, 0) is 18.9 Å². The van der Waals surface area contributed by atoms with E-state index in [2.05, 4.69) is 41.6 Å². The molecule has 2 fully saturated rings. The van der Waals surface area contributed by atoms with Gasteiger partial charge in [0.25, 0.3) is 0 Å². The molecule has 140 valence electrons. The van der Waals surface area contributed by atoms with Gasteiger partial charge in [-0.15, -0.1) is 10.2 Å². The number of hydrogen-bond donors (Lipinski definition) is 1. The Morgan fingerprint density at radius 1 is 1.15 bits per heavy atom. The molecule has 4 rings (SSSR count). The minimum Gasteiger partial charge on any atom is -0.379 e. The third kappa shape index (κ3) is 3.63. The number of nitrogens with two attached hydrogens (primary N) is 1. The SMILES string of the molecule is Cn1c(CN2CCOCC2)nnc1C1CCN(c2ccnc(N)n2)CC1. The number of nitrogens with zero attached hydrogens (tertiary/aromatic N) is 7. The molecule has 2 N–H and O–H groups in total. The number of rotatable bonds is 4. The molecular formula is C17H26N8O. The molecule has 0 saturated carbocycles. The molecule has 2 aliphatic rings. The highest BCUT2D eigenvalue weighted by atomic mass is 16.5. The van der Waals surface area contributed by atoms with Crippen LogP contribution < -0.4 is 10.6 Å². The topological polar surface area (TPSA) is 98.2 Å². The Balaban J connectivity index is 1.38. The van der Waals surface area contributed by atoms with Gasteiger partial charge >= 0.3 is 0 Å². The number of aromatic nitrogens is 5. The molecule has 2 saturated heterocycles. The van der Waals surface area contributed by atoms with Gasteiger partial charge < -0.3 is 19.9 Å². The lowest BCUT2D eigenvalue weighted by atomic mass is 9.96. The van der Waals surface area contributed by atoms with Crippen LogP contribution in [0.2, 0.25) is 0 Å². The summed E-state index contributed by atoms with van der Waals surface area (Å²) in [6, 6.07) is 1.92. The van der Waals surface area contributed by atoms with Crippen molar-refractivity contribution in [1.29, 1.82) is 0 Å². The molecule has 9 nitrogen and oxygen atoms in total. The molecule has 2 aromatic heterocycles. The van der Waals surface area contributed by atoms with Gasteiger partial charge in [0.15, 0.2) is 0 Å². The second-order valence-corrected chi connectivity index (χ2v) is 6.96. The van der Waals surface area contributed by atoms with E-state index in [1.807, 2.05) is 6.07 Å². The zero-order chi connectivity index (χ0) is 17.9. The van der Waals surface area contributed by atoms with Crippen LogP contribution in [0.1, 0.15) is 30.4 Å². The maximum atomic E-state index is 5.70. The Morgan fingerprint density at radius 3 is 2.65 bits per heavy atom. The standard InChI is InChI=1S/C17H26N8O/c1-23-15(12-24-8-10-26-11-9-24)21-22-16(23)13-3-6-25(7-4-13)14-2-5-19-17(18)20-14/h2,5,13H,3-4,6-12H2,1H3,(H2,18,19,20). The van der Waals surface area contributed by atoms with Crippen LogP contribution in [0.4, 0.5) is 11.8 Å². The summed E-state index contributed by atoms with van der Waals surface area (Å²) in [5, 5.41) is 8.96. The summed E-state index contributed by atoms with van der Waals surface area (Å²) >= 11 is 0. The zero-order valence-corrected chi connectivity index (χ0v) is 15.2. The largest absolute Gasteiger partial charge is 0.379 e. The van der Waals surface area contributed by atoms with Gasteiger partial charge in [0.05, 0.1) is 19.8 Å². The van der Waals surface area contributed by atoms with Crippen molar-refractivity contribution in [2.45, 2.75) is 25.3 Å². The highest BCUT2D eigenvalue weighted by Gasteiger charge is 2.26. The molecule has 0 amide bonds. The molecule has 0 aromatic carbocycles. The molecular weight excluding hydrogens is 332 g/mol. The molecule has 4 heterocycles. The third-order valence-corrected chi connectivity index (χ3v) is 5.31. The van der Waals surface area contributed by atoms with Crippen LogP contribution in [0, 0.1) is 0 Å². The van der Waals surface area contributed by atoms with E-state index in [9.17, 15) is 0 Å². The average molecular weight is 358 g/mol. The third-order valence-electron chi connectivity index (χ3n) is 5.31. The first-order valence-corrected chi connectivity index (χ1v) is 9.22. The summed E-state index contributed by atoms with van der Waals surface area (Å²) < 4.78 is 7.59. The van der Waals surface area contributed by atoms with Gasteiger partial charge in [0, 0.05) is 45.3 Å². The van der Waals surface area contributed by atoms with E-state index in [0.717, 1.165) is 76.2 Å². The molecule has 0 atom stereocenters. The highest BCUT2D eigenvalue weighted by Crippen LogP contribution is 2.29. The minimum absolute atomic E-state index is 0.325. The van der Waals surface area contributed by atoms with E-state index in [1.165, 1.54) is 0 Å². The number of hydrogen-bond acceptors (Lipinski definition) is 8. The van der Waals surface area contributed by atoms with E-state index in [-0.39, 0.29) is 0 Å². The van der Waals surface area contributed by atoms with Gasteiger partial charge in [0.1, 0.15) is 17.5 Å². The predicted octanol–water partition coefficient (Wildman–Crippen LogP) is 0.404. The van der Waals surface area contributed by atoms with Gasteiger partial charge in [-0.2, -0.15) is 4.98 Å². The second-order valence-electron chi connectivity index (χ2n) is 6.96. The summed E-state index contributed by atoms with van der Waals surface area (Å²) in [6.45, 7) is 6.24. The van der Waals surface area contributed by atoms with E-state index in [4.69, 9.17) is 10.5 Å². The summed E-state index contributed by atoms with van der Waals surface area (Å²) in [4.78, 5) is 12.9. The fraction of sp³-hybridized carbons (Fsp3) is 0.647. The van der Waals surface area contributed by atoms with Crippen molar-refractivity contribution in [3.05, 3.63) is 23.9 Å². The number of anilines is 2. The molecule has 0 radical (unpaired) electrons. The van der Waals surface area contributed by atoms with Crippen molar-refractivity contribution >= 4 is 11.8 Å². The lowest BCUT2D eigenvalue weighted by Gasteiger charge is -2.32. The molecule has 0 spiro atoms. The number of piperidine rings is 1. The van der Waals surface area contributed by atoms with Crippen molar-refractivity contribution in [3.63, 3.8) is 0 Å². The van der Waals surface area contributed by atoms with Crippen molar-refractivity contribution in [1.82, 2.24) is 29.6 Å². The highest BCUT2D eigenvalue weighted by molar-refractivity contribution is 5.41. The molecule has 0 aliphatic carbocycles.